The highest BCUT2D eigenvalue weighted by Gasteiger charge is 2.46. The molecule has 2 amide bonds. The zero-order valence-electron chi connectivity index (χ0n) is 11.8. The van der Waals surface area contributed by atoms with Gasteiger partial charge in [-0.05, 0) is 32.6 Å². The minimum Gasteiger partial charge on any atom is -0.481 e. The summed E-state index contributed by atoms with van der Waals surface area (Å²) in [7, 11) is 0. The Hall–Kier alpha value is -1.30. The predicted molar refractivity (Wildman–Crippen MR) is 71.4 cm³/mol. The standard InChI is InChI=1S/C14H22N2O4/c1-14(12(17)18)6-2-3-11(14)15-13(19)16-7-9-4-5-10(8-16)20-9/h9-11H,2-8H2,1H3,(H,15,19)(H,17,18). The summed E-state index contributed by atoms with van der Waals surface area (Å²) >= 11 is 0. The number of nitrogens with zero attached hydrogens (tertiary/aromatic N) is 1. The molecule has 6 heteroatoms. The molecule has 112 valence electrons. The Kier molecular flexibility index (Phi) is 3.36. The van der Waals surface area contributed by atoms with Gasteiger partial charge in [-0.2, -0.15) is 0 Å². The van der Waals surface area contributed by atoms with E-state index in [0.29, 0.717) is 19.5 Å². The SMILES string of the molecule is CC1(C(=O)O)CCCC1NC(=O)N1CC2CCC(C1)O2. The van der Waals surface area contributed by atoms with E-state index in [1.54, 1.807) is 11.8 Å². The van der Waals surface area contributed by atoms with E-state index in [-0.39, 0.29) is 24.3 Å². The molecular weight excluding hydrogens is 260 g/mol. The van der Waals surface area contributed by atoms with Crippen molar-refractivity contribution in [3.8, 4) is 0 Å². The molecule has 3 aliphatic rings. The van der Waals surface area contributed by atoms with Crippen LogP contribution in [0.25, 0.3) is 0 Å². The van der Waals surface area contributed by atoms with Crippen LogP contribution in [0, 0.1) is 5.41 Å². The topological polar surface area (TPSA) is 78.9 Å². The van der Waals surface area contributed by atoms with E-state index in [2.05, 4.69) is 5.32 Å². The molecule has 4 unspecified atom stereocenters. The Morgan fingerprint density at radius 3 is 2.50 bits per heavy atom. The lowest BCUT2D eigenvalue weighted by molar-refractivity contribution is -0.148. The van der Waals surface area contributed by atoms with E-state index in [9.17, 15) is 14.7 Å². The number of urea groups is 1. The average molecular weight is 282 g/mol. The molecule has 1 saturated carbocycles. The summed E-state index contributed by atoms with van der Waals surface area (Å²) in [5.74, 6) is -0.817. The average Bonchev–Trinajstić information content (AvgIpc) is 2.94. The van der Waals surface area contributed by atoms with E-state index in [1.165, 1.54) is 0 Å². The summed E-state index contributed by atoms with van der Waals surface area (Å²) in [5, 5.41) is 12.3. The van der Waals surface area contributed by atoms with Crippen LogP contribution in [0.4, 0.5) is 4.79 Å². The van der Waals surface area contributed by atoms with E-state index in [4.69, 9.17) is 4.74 Å². The van der Waals surface area contributed by atoms with Gasteiger partial charge < -0.3 is 20.1 Å². The highest BCUT2D eigenvalue weighted by atomic mass is 16.5. The van der Waals surface area contributed by atoms with Gasteiger partial charge in [0.2, 0.25) is 0 Å². The van der Waals surface area contributed by atoms with E-state index in [1.807, 2.05) is 0 Å². The second-order valence-electron chi connectivity index (χ2n) is 6.48. The maximum atomic E-state index is 12.3. The number of carbonyl (C=O) groups is 2. The molecule has 2 aliphatic heterocycles. The Labute approximate surface area is 118 Å². The molecule has 2 heterocycles. The number of likely N-dealkylation sites (tertiary alicyclic amines) is 1. The molecule has 6 nitrogen and oxygen atoms in total. The Balaban J connectivity index is 1.63. The van der Waals surface area contributed by atoms with Crippen molar-refractivity contribution in [2.45, 2.75) is 57.3 Å². The zero-order chi connectivity index (χ0) is 14.3. The molecule has 0 radical (unpaired) electrons. The number of carboxylic acids is 1. The number of nitrogens with one attached hydrogen (secondary N) is 1. The number of hydrogen-bond acceptors (Lipinski definition) is 3. The third-order valence-corrected chi connectivity index (χ3v) is 5.08. The fraction of sp³-hybridized carbons (Fsp3) is 0.857. The Morgan fingerprint density at radius 1 is 1.25 bits per heavy atom. The van der Waals surface area contributed by atoms with Gasteiger partial charge in [0.25, 0.3) is 0 Å². The van der Waals surface area contributed by atoms with Gasteiger partial charge in [-0.15, -0.1) is 0 Å². The van der Waals surface area contributed by atoms with Crippen LogP contribution in [-0.2, 0) is 9.53 Å². The molecule has 20 heavy (non-hydrogen) atoms. The fourth-order valence-corrected chi connectivity index (χ4v) is 3.67. The molecule has 0 spiro atoms. The number of morpholine rings is 1. The Morgan fingerprint density at radius 2 is 1.90 bits per heavy atom. The first-order chi connectivity index (χ1) is 9.49. The van der Waals surface area contributed by atoms with Gasteiger partial charge in [0.05, 0.1) is 17.6 Å². The molecule has 3 rings (SSSR count). The number of carboxylic acid groups (broad SMARTS) is 1. The van der Waals surface area contributed by atoms with E-state index >= 15 is 0 Å². The molecule has 0 aromatic carbocycles. The summed E-state index contributed by atoms with van der Waals surface area (Å²) < 4.78 is 5.71. The largest absolute Gasteiger partial charge is 0.481 e. The summed E-state index contributed by atoms with van der Waals surface area (Å²) in [6.45, 7) is 2.98. The summed E-state index contributed by atoms with van der Waals surface area (Å²) in [4.78, 5) is 25.6. The second kappa shape index (κ2) is 4.91. The van der Waals surface area contributed by atoms with Crippen LogP contribution in [0.15, 0.2) is 0 Å². The monoisotopic (exact) mass is 282 g/mol. The first-order valence-electron chi connectivity index (χ1n) is 7.43. The summed E-state index contributed by atoms with van der Waals surface area (Å²) in [5.41, 5.74) is -0.832. The molecule has 0 aromatic heterocycles. The number of ether oxygens (including phenoxy) is 1. The van der Waals surface area contributed by atoms with Gasteiger partial charge in [0.1, 0.15) is 0 Å². The Bertz CT molecular complexity index is 415. The van der Waals surface area contributed by atoms with Crippen molar-refractivity contribution in [1.82, 2.24) is 10.2 Å². The molecule has 4 atom stereocenters. The van der Waals surface area contributed by atoms with Gasteiger partial charge in [-0.25, -0.2) is 4.79 Å². The van der Waals surface area contributed by atoms with Crippen molar-refractivity contribution in [2.75, 3.05) is 13.1 Å². The van der Waals surface area contributed by atoms with Crippen molar-refractivity contribution in [3.63, 3.8) is 0 Å². The van der Waals surface area contributed by atoms with Crippen molar-refractivity contribution in [3.05, 3.63) is 0 Å². The number of carbonyl (C=O) groups excluding carboxylic acids is 1. The summed E-state index contributed by atoms with van der Waals surface area (Å²) in [6, 6.07) is -0.405. The van der Waals surface area contributed by atoms with Crippen molar-refractivity contribution >= 4 is 12.0 Å². The maximum Gasteiger partial charge on any atom is 0.317 e. The van der Waals surface area contributed by atoms with Gasteiger partial charge in [0, 0.05) is 19.1 Å². The quantitative estimate of drug-likeness (QED) is 0.797. The zero-order valence-corrected chi connectivity index (χ0v) is 11.8. The van der Waals surface area contributed by atoms with E-state index in [0.717, 1.165) is 25.7 Å². The van der Waals surface area contributed by atoms with Crippen LogP contribution in [0.3, 0.4) is 0 Å². The number of amides is 2. The molecule has 3 fully saturated rings. The molecule has 2 bridgehead atoms. The minimum absolute atomic E-state index is 0.135. The number of rotatable bonds is 2. The van der Waals surface area contributed by atoms with Crippen molar-refractivity contribution in [2.24, 2.45) is 5.41 Å². The van der Waals surface area contributed by atoms with Crippen LogP contribution in [0.1, 0.15) is 39.0 Å². The lowest BCUT2D eigenvalue weighted by Crippen LogP contribution is -2.55. The van der Waals surface area contributed by atoms with Gasteiger partial charge in [-0.1, -0.05) is 6.42 Å². The van der Waals surface area contributed by atoms with Gasteiger partial charge >= 0.3 is 12.0 Å². The van der Waals surface area contributed by atoms with Crippen LogP contribution in [0.5, 0.6) is 0 Å². The molecule has 2 saturated heterocycles. The van der Waals surface area contributed by atoms with Crippen LogP contribution in [-0.4, -0.2) is 53.3 Å². The highest BCUT2D eigenvalue weighted by Crippen LogP contribution is 2.38. The molecule has 0 aromatic rings. The van der Waals surface area contributed by atoms with Crippen LogP contribution in [0.2, 0.25) is 0 Å². The van der Waals surface area contributed by atoms with Gasteiger partial charge in [0.15, 0.2) is 0 Å². The normalized spacial score (nSPS) is 39.9. The van der Waals surface area contributed by atoms with Gasteiger partial charge in [-0.3, -0.25) is 4.79 Å². The van der Waals surface area contributed by atoms with Crippen LogP contribution >= 0.6 is 0 Å². The first-order valence-corrected chi connectivity index (χ1v) is 7.43. The molecular formula is C14H22N2O4. The molecule has 1 aliphatic carbocycles. The lowest BCUT2D eigenvalue weighted by Gasteiger charge is -2.35. The predicted octanol–water partition coefficient (Wildman–Crippen LogP) is 1.20. The molecule has 2 N–H and O–H groups in total. The van der Waals surface area contributed by atoms with Crippen molar-refractivity contribution in [1.29, 1.82) is 0 Å². The third kappa shape index (κ3) is 2.26. The second-order valence-corrected chi connectivity index (χ2v) is 6.48. The number of hydrogen-bond donors (Lipinski definition) is 2. The number of fused-ring (bicyclic) bond motifs is 2. The third-order valence-electron chi connectivity index (χ3n) is 5.08. The fourth-order valence-electron chi connectivity index (χ4n) is 3.67. The smallest absolute Gasteiger partial charge is 0.317 e. The van der Waals surface area contributed by atoms with E-state index < -0.39 is 11.4 Å². The van der Waals surface area contributed by atoms with Crippen molar-refractivity contribution < 1.29 is 19.4 Å². The first kappa shape index (κ1) is 13.7. The highest BCUT2D eigenvalue weighted by molar-refractivity contribution is 5.79. The van der Waals surface area contributed by atoms with Crippen LogP contribution < -0.4 is 5.32 Å². The summed E-state index contributed by atoms with van der Waals surface area (Å²) in [6.07, 6.45) is 4.58. The number of aliphatic carboxylic acids is 1. The maximum absolute atomic E-state index is 12.3. The minimum atomic E-state index is -0.832. The lowest BCUT2D eigenvalue weighted by atomic mass is 9.85.